The minimum absolute atomic E-state index is 0.832. The highest BCUT2D eigenvalue weighted by atomic mass is 15.1. The third-order valence-electron chi connectivity index (χ3n) is 6.63. The highest BCUT2D eigenvalue weighted by Crippen LogP contribution is 2.30. The van der Waals surface area contributed by atoms with Gasteiger partial charge in [-0.2, -0.15) is 0 Å². The highest BCUT2D eigenvalue weighted by Gasteiger charge is 2.20. The lowest BCUT2D eigenvalue weighted by Gasteiger charge is -2.32. The van der Waals surface area contributed by atoms with E-state index >= 15 is 0 Å². The first-order valence-corrected chi connectivity index (χ1v) is 11.1. The zero-order valence-electron chi connectivity index (χ0n) is 17.3. The van der Waals surface area contributed by atoms with Crippen LogP contribution < -0.4 is 0 Å². The van der Waals surface area contributed by atoms with Gasteiger partial charge in [-0.15, -0.1) is 0 Å². The molecule has 1 aliphatic rings. The third-order valence-corrected chi connectivity index (χ3v) is 6.63. The first-order chi connectivity index (χ1) is 14.3. The second-order valence-electron chi connectivity index (χ2n) is 8.52. The standard InChI is InChI=1S/C27H30N2/c1-2-29-26-11-7-6-10-24(26)25-19-23(12-13-27(25)29)20-28-16-14-22(15-17-28)18-21-8-4-3-5-9-21/h3-13,19,22H,2,14-18,20H2,1H3. The first-order valence-electron chi connectivity index (χ1n) is 11.1. The number of benzene rings is 3. The molecule has 1 aromatic heterocycles. The molecule has 0 atom stereocenters. The van der Waals surface area contributed by atoms with Crippen LogP contribution in [0, 0.1) is 5.92 Å². The van der Waals surface area contributed by atoms with E-state index in [2.05, 4.69) is 89.2 Å². The molecule has 2 nitrogen and oxygen atoms in total. The van der Waals surface area contributed by atoms with Gasteiger partial charge in [-0.1, -0.05) is 54.6 Å². The molecule has 4 aromatic rings. The third kappa shape index (κ3) is 3.70. The van der Waals surface area contributed by atoms with Gasteiger partial charge in [-0.3, -0.25) is 4.90 Å². The molecule has 0 bridgehead atoms. The lowest BCUT2D eigenvalue weighted by molar-refractivity contribution is 0.177. The van der Waals surface area contributed by atoms with E-state index in [1.54, 1.807) is 0 Å². The van der Waals surface area contributed by atoms with Gasteiger partial charge < -0.3 is 4.57 Å². The van der Waals surface area contributed by atoms with Gasteiger partial charge in [0.15, 0.2) is 0 Å². The van der Waals surface area contributed by atoms with Crippen LogP contribution in [0.2, 0.25) is 0 Å². The van der Waals surface area contributed by atoms with Gasteiger partial charge >= 0.3 is 0 Å². The van der Waals surface area contributed by atoms with Crippen LogP contribution in [0.25, 0.3) is 21.8 Å². The van der Waals surface area contributed by atoms with E-state index in [0.29, 0.717) is 0 Å². The van der Waals surface area contributed by atoms with Crippen molar-refractivity contribution in [3.8, 4) is 0 Å². The summed E-state index contributed by atoms with van der Waals surface area (Å²) < 4.78 is 2.43. The Morgan fingerprint density at radius 1 is 0.759 bits per heavy atom. The van der Waals surface area contributed by atoms with Crippen LogP contribution in [0.4, 0.5) is 0 Å². The van der Waals surface area contributed by atoms with Crippen LogP contribution in [-0.2, 0) is 19.5 Å². The number of rotatable bonds is 5. The monoisotopic (exact) mass is 382 g/mol. The van der Waals surface area contributed by atoms with Crippen molar-refractivity contribution in [2.24, 2.45) is 5.92 Å². The fourth-order valence-electron chi connectivity index (χ4n) is 5.09. The summed E-state index contributed by atoms with van der Waals surface area (Å²) in [5.74, 6) is 0.832. The van der Waals surface area contributed by atoms with Gasteiger partial charge in [0.1, 0.15) is 0 Å². The summed E-state index contributed by atoms with van der Waals surface area (Å²) in [7, 11) is 0. The summed E-state index contributed by atoms with van der Waals surface area (Å²) in [5, 5.41) is 2.78. The molecule has 29 heavy (non-hydrogen) atoms. The van der Waals surface area contributed by atoms with Crippen molar-refractivity contribution >= 4 is 21.8 Å². The molecule has 0 amide bonds. The Kier molecular flexibility index (Phi) is 5.12. The number of aromatic nitrogens is 1. The number of hydrogen-bond acceptors (Lipinski definition) is 1. The summed E-state index contributed by atoms with van der Waals surface area (Å²) in [4.78, 5) is 2.64. The van der Waals surface area contributed by atoms with E-state index in [1.165, 1.54) is 65.3 Å². The van der Waals surface area contributed by atoms with Gasteiger partial charge in [0, 0.05) is 34.9 Å². The van der Waals surface area contributed by atoms with Crippen LogP contribution >= 0.6 is 0 Å². The molecule has 2 heterocycles. The Bertz CT molecular complexity index is 1100. The predicted octanol–water partition coefficient (Wildman–Crippen LogP) is 6.27. The largest absolute Gasteiger partial charge is 0.341 e. The van der Waals surface area contributed by atoms with E-state index in [4.69, 9.17) is 0 Å². The van der Waals surface area contributed by atoms with Crippen molar-refractivity contribution in [1.82, 2.24) is 9.47 Å². The average molecular weight is 383 g/mol. The topological polar surface area (TPSA) is 8.17 Å². The number of hydrogen-bond donors (Lipinski definition) is 0. The summed E-state index contributed by atoms with van der Waals surface area (Å²) >= 11 is 0. The first kappa shape index (κ1) is 18.4. The van der Waals surface area contributed by atoms with Crippen LogP contribution in [0.5, 0.6) is 0 Å². The molecular formula is C27H30N2. The molecule has 2 heteroatoms. The zero-order chi connectivity index (χ0) is 19.6. The molecule has 0 radical (unpaired) electrons. The molecule has 5 rings (SSSR count). The second-order valence-corrected chi connectivity index (χ2v) is 8.52. The van der Waals surface area contributed by atoms with Crippen molar-refractivity contribution in [3.05, 3.63) is 83.9 Å². The van der Waals surface area contributed by atoms with E-state index in [-0.39, 0.29) is 0 Å². The molecule has 148 valence electrons. The van der Waals surface area contributed by atoms with Crippen LogP contribution in [0.15, 0.2) is 72.8 Å². The average Bonchev–Trinajstić information content (AvgIpc) is 3.09. The Balaban J connectivity index is 1.29. The number of likely N-dealkylation sites (tertiary alicyclic amines) is 1. The number of para-hydroxylation sites is 1. The summed E-state index contributed by atoms with van der Waals surface area (Å²) in [5.41, 5.74) is 5.64. The SMILES string of the molecule is CCn1c2ccccc2c2cc(CN3CCC(Cc4ccccc4)CC3)ccc21. The molecule has 1 aliphatic heterocycles. The highest BCUT2D eigenvalue weighted by molar-refractivity contribution is 6.08. The number of nitrogens with zero attached hydrogens (tertiary/aromatic N) is 2. The molecule has 3 aromatic carbocycles. The van der Waals surface area contributed by atoms with E-state index in [0.717, 1.165) is 19.0 Å². The lowest BCUT2D eigenvalue weighted by atomic mass is 9.90. The molecule has 1 fully saturated rings. The number of fused-ring (bicyclic) bond motifs is 3. The number of piperidine rings is 1. The molecule has 0 saturated carbocycles. The van der Waals surface area contributed by atoms with Gasteiger partial charge in [0.2, 0.25) is 0 Å². The van der Waals surface area contributed by atoms with Crippen molar-refractivity contribution in [2.45, 2.75) is 39.3 Å². The Morgan fingerprint density at radius 2 is 1.48 bits per heavy atom. The molecule has 0 aliphatic carbocycles. The molecular weight excluding hydrogens is 352 g/mol. The van der Waals surface area contributed by atoms with Crippen LogP contribution in [0.1, 0.15) is 30.9 Å². The fourth-order valence-corrected chi connectivity index (χ4v) is 5.09. The smallest absolute Gasteiger partial charge is 0.0491 e. The Morgan fingerprint density at radius 3 is 2.28 bits per heavy atom. The van der Waals surface area contributed by atoms with Crippen LogP contribution in [-0.4, -0.2) is 22.6 Å². The fraction of sp³-hybridized carbons (Fsp3) is 0.333. The quantitative estimate of drug-likeness (QED) is 0.395. The predicted molar refractivity (Wildman–Crippen MR) is 123 cm³/mol. The minimum atomic E-state index is 0.832. The van der Waals surface area contributed by atoms with Gasteiger partial charge in [0.25, 0.3) is 0 Å². The Labute approximate surface area is 173 Å². The maximum absolute atomic E-state index is 2.64. The lowest BCUT2D eigenvalue weighted by Crippen LogP contribution is -2.33. The zero-order valence-corrected chi connectivity index (χ0v) is 17.3. The van der Waals surface area contributed by atoms with Crippen LogP contribution in [0.3, 0.4) is 0 Å². The summed E-state index contributed by atoms with van der Waals surface area (Å²) in [6.07, 6.45) is 3.86. The van der Waals surface area contributed by atoms with E-state index < -0.39 is 0 Å². The summed E-state index contributed by atoms with van der Waals surface area (Å²) in [6, 6.07) is 26.9. The number of aryl methyl sites for hydroxylation is 1. The molecule has 0 unspecified atom stereocenters. The maximum atomic E-state index is 2.64. The van der Waals surface area contributed by atoms with E-state index in [1.807, 2.05) is 0 Å². The van der Waals surface area contributed by atoms with Gasteiger partial charge in [-0.25, -0.2) is 0 Å². The normalized spacial score (nSPS) is 16.0. The molecule has 0 N–H and O–H groups in total. The van der Waals surface area contributed by atoms with Crippen molar-refractivity contribution < 1.29 is 0 Å². The van der Waals surface area contributed by atoms with Crippen molar-refractivity contribution in [1.29, 1.82) is 0 Å². The van der Waals surface area contributed by atoms with Crippen molar-refractivity contribution in [2.75, 3.05) is 13.1 Å². The molecule has 1 saturated heterocycles. The molecule has 0 spiro atoms. The van der Waals surface area contributed by atoms with Gasteiger partial charge in [-0.05, 0) is 74.5 Å². The minimum Gasteiger partial charge on any atom is -0.341 e. The van der Waals surface area contributed by atoms with Gasteiger partial charge in [0.05, 0.1) is 0 Å². The summed E-state index contributed by atoms with van der Waals surface area (Å²) in [6.45, 7) is 6.75. The van der Waals surface area contributed by atoms with E-state index in [9.17, 15) is 0 Å². The maximum Gasteiger partial charge on any atom is 0.0491 e. The van der Waals surface area contributed by atoms with Crippen molar-refractivity contribution in [3.63, 3.8) is 0 Å². The Hall–Kier alpha value is -2.58. The second kappa shape index (κ2) is 8.04.